The second-order valence-electron chi connectivity index (χ2n) is 8.26. The van der Waals surface area contributed by atoms with Crippen LogP contribution in [0.5, 0.6) is 0 Å². The van der Waals surface area contributed by atoms with Crippen LogP contribution in [0.4, 0.5) is 0 Å². The molecule has 8 heteroatoms. The van der Waals surface area contributed by atoms with Gasteiger partial charge in [0.1, 0.15) is 0 Å². The van der Waals surface area contributed by atoms with Crippen molar-refractivity contribution >= 4 is 16.9 Å². The maximum Gasteiger partial charge on any atom is 0.280 e. The zero-order chi connectivity index (χ0) is 22.7. The van der Waals surface area contributed by atoms with Gasteiger partial charge in [-0.3, -0.25) is 14.8 Å². The van der Waals surface area contributed by atoms with Gasteiger partial charge in [0, 0.05) is 36.3 Å². The molecule has 0 atom stereocenters. The Labute approximate surface area is 185 Å². The number of fused-ring (bicyclic) bond motifs is 1. The molecule has 0 saturated heterocycles. The van der Waals surface area contributed by atoms with Gasteiger partial charge in [0.15, 0.2) is 0 Å². The summed E-state index contributed by atoms with van der Waals surface area (Å²) in [6, 6.07) is 12.7. The Balaban J connectivity index is 1.78. The molecule has 3 aromatic heterocycles. The molecule has 3 N–H and O–H groups in total. The number of nitrogens with one attached hydrogen (secondary N) is 1. The third-order valence-corrected chi connectivity index (χ3v) is 4.97. The lowest BCUT2D eigenvalue weighted by Gasteiger charge is -2.18. The fourth-order valence-electron chi connectivity index (χ4n) is 3.54. The van der Waals surface area contributed by atoms with Gasteiger partial charge in [0.2, 0.25) is 5.62 Å². The average Bonchev–Trinajstić information content (AvgIpc) is 3.09. The van der Waals surface area contributed by atoms with E-state index in [0.29, 0.717) is 23.3 Å². The standard InChI is InChI=1S/C24H25N5O3/c1-24(2,32)15-29-21-6-5-16(8-11-30)12-20(21)27-23(29)28-22(31)17-7-10-26-19(13-17)18-4-3-9-25-14-18/h3-7,9-10,12-14,30,32H,8,11,15H2,1-2H3,(H,27,28,31). The fraction of sp³-hybridized carbons (Fsp3) is 0.250. The zero-order valence-corrected chi connectivity index (χ0v) is 18.0. The molecule has 0 aliphatic carbocycles. The number of H-pyrrole nitrogens is 1. The van der Waals surface area contributed by atoms with E-state index in [1.165, 1.54) is 0 Å². The predicted molar refractivity (Wildman–Crippen MR) is 121 cm³/mol. The van der Waals surface area contributed by atoms with Crippen molar-refractivity contribution in [3.8, 4) is 11.3 Å². The van der Waals surface area contributed by atoms with Crippen LogP contribution in [0.15, 0.2) is 66.0 Å². The summed E-state index contributed by atoms with van der Waals surface area (Å²) in [6.07, 6.45) is 5.46. The van der Waals surface area contributed by atoms with Crippen LogP contribution >= 0.6 is 0 Å². The molecule has 0 radical (unpaired) electrons. The van der Waals surface area contributed by atoms with Crippen LogP contribution in [-0.4, -0.2) is 47.8 Å². The van der Waals surface area contributed by atoms with Crippen LogP contribution < -0.4 is 5.62 Å². The summed E-state index contributed by atoms with van der Waals surface area (Å²) in [5, 5.41) is 19.7. The van der Waals surface area contributed by atoms with E-state index in [4.69, 9.17) is 0 Å². The Kier molecular flexibility index (Phi) is 5.98. The molecule has 0 unspecified atom stereocenters. The minimum absolute atomic E-state index is 0.0485. The van der Waals surface area contributed by atoms with Crippen molar-refractivity contribution in [2.75, 3.05) is 6.61 Å². The van der Waals surface area contributed by atoms with Gasteiger partial charge in [-0.05, 0) is 62.2 Å². The summed E-state index contributed by atoms with van der Waals surface area (Å²) in [5.41, 5.74) is 3.71. The number of rotatable bonds is 6. The van der Waals surface area contributed by atoms with Crippen LogP contribution in [0.3, 0.4) is 0 Å². The molecule has 3 heterocycles. The average molecular weight is 431 g/mol. The summed E-state index contributed by atoms with van der Waals surface area (Å²) in [7, 11) is 0. The first-order valence-electron chi connectivity index (χ1n) is 10.3. The third-order valence-electron chi connectivity index (χ3n) is 4.97. The van der Waals surface area contributed by atoms with Gasteiger partial charge in [-0.2, -0.15) is 4.99 Å². The number of carbonyl (C=O) groups is 1. The van der Waals surface area contributed by atoms with Crippen molar-refractivity contribution in [2.45, 2.75) is 32.4 Å². The Morgan fingerprint density at radius 1 is 1.19 bits per heavy atom. The lowest BCUT2D eigenvalue weighted by atomic mass is 10.1. The first-order chi connectivity index (χ1) is 15.3. The predicted octanol–water partition coefficient (Wildman–Crippen LogP) is 2.47. The number of pyridine rings is 2. The molecule has 32 heavy (non-hydrogen) atoms. The van der Waals surface area contributed by atoms with E-state index in [2.05, 4.69) is 19.9 Å². The number of hydrogen-bond acceptors (Lipinski definition) is 5. The Morgan fingerprint density at radius 3 is 2.75 bits per heavy atom. The Morgan fingerprint density at radius 2 is 2.03 bits per heavy atom. The molecule has 0 aliphatic rings. The Bertz CT molecular complexity index is 1320. The number of aromatic nitrogens is 4. The lowest BCUT2D eigenvalue weighted by molar-refractivity contribution is 0.0612. The molecule has 0 fully saturated rings. The van der Waals surface area contributed by atoms with Gasteiger partial charge >= 0.3 is 0 Å². The number of nitrogens with zero attached hydrogens (tertiary/aromatic N) is 4. The second-order valence-corrected chi connectivity index (χ2v) is 8.26. The highest BCUT2D eigenvalue weighted by molar-refractivity contribution is 5.95. The fourth-order valence-corrected chi connectivity index (χ4v) is 3.54. The van der Waals surface area contributed by atoms with Crippen molar-refractivity contribution in [3.63, 3.8) is 0 Å². The van der Waals surface area contributed by atoms with E-state index in [9.17, 15) is 15.0 Å². The quantitative estimate of drug-likeness (QED) is 0.434. The second kappa shape index (κ2) is 8.86. The van der Waals surface area contributed by atoms with Gasteiger partial charge in [-0.25, -0.2) is 0 Å². The highest BCUT2D eigenvalue weighted by Gasteiger charge is 2.18. The molecule has 0 saturated carbocycles. The number of carbonyl (C=O) groups excluding carboxylic acids is 1. The van der Waals surface area contributed by atoms with E-state index in [-0.39, 0.29) is 13.2 Å². The smallest absolute Gasteiger partial charge is 0.280 e. The summed E-state index contributed by atoms with van der Waals surface area (Å²) in [6.45, 7) is 3.70. The van der Waals surface area contributed by atoms with Crippen LogP contribution in [0.25, 0.3) is 22.3 Å². The minimum atomic E-state index is -1.01. The molecule has 0 aliphatic heterocycles. The maximum atomic E-state index is 13.0. The van der Waals surface area contributed by atoms with Crippen LogP contribution in [0, 0.1) is 0 Å². The number of aromatic amines is 1. The summed E-state index contributed by atoms with van der Waals surface area (Å²) < 4.78 is 1.79. The third kappa shape index (κ3) is 4.82. The van der Waals surface area contributed by atoms with Crippen LogP contribution in [-0.2, 0) is 13.0 Å². The van der Waals surface area contributed by atoms with E-state index in [1.807, 2.05) is 30.3 Å². The highest BCUT2D eigenvalue weighted by Crippen LogP contribution is 2.18. The maximum absolute atomic E-state index is 13.0. The number of amides is 1. The SMILES string of the molecule is CC(C)(O)Cn1/c(=N/C(=O)c2ccnc(-c3cccnc3)c2)[nH]c2cc(CCO)ccc21. The van der Waals surface area contributed by atoms with Crippen molar-refractivity contribution in [2.24, 2.45) is 4.99 Å². The van der Waals surface area contributed by atoms with E-state index < -0.39 is 11.5 Å². The summed E-state index contributed by atoms with van der Waals surface area (Å²) in [4.78, 5) is 29.0. The molecule has 1 aromatic carbocycles. The van der Waals surface area contributed by atoms with Gasteiger partial charge in [0.25, 0.3) is 5.91 Å². The van der Waals surface area contributed by atoms with E-state index in [1.54, 1.807) is 49.1 Å². The van der Waals surface area contributed by atoms with Gasteiger partial charge in [-0.1, -0.05) is 6.07 Å². The molecular formula is C24H25N5O3. The van der Waals surface area contributed by atoms with Crippen LogP contribution in [0.2, 0.25) is 0 Å². The molecule has 164 valence electrons. The number of aliphatic hydroxyl groups is 2. The minimum Gasteiger partial charge on any atom is -0.396 e. The topological polar surface area (TPSA) is 116 Å². The number of imidazole rings is 1. The molecule has 1 amide bonds. The molecule has 4 aromatic rings. The molecule has 4 rings (SSSR count). The summed E-state index contributed by atoms with van der Waals surface area (Å²) >= 11 is 0. The molecule has 8 nitrogen and oxygen atoms in total. The molecule has 0 bridgehead atoms. The first-order valence-corrected chi connectivity index (χ1v) is 10.3. The largest absolute Gasteiger partial charge is 0.396 e. The van der Waals surface area contributed by atoms with E-state index in [0.717, 1.165) is 22.2 Å². The normalized spacial score (nSPS) is 12.4. The van der Waals surface area contributed by atoms with Crippen molar-refractivity contribution in [1.82, 2.24) is 19.5 Å². The van der Waals surface area contributed by atoms with Gasteiger partial charge in [-0.15, -0.1) is 0 Å². The van der Waals surface area contributed by atoms with Gasteiger partial charge in [0.05, 0.1) is 28.9 Å². The lowest BCUT2D eigenvalue weighted by Crippen LogP contribution is -2.32. The van der Waals surface area contributed by atoms with Crippen LogP contribution in [0.1, 0.15) is 29.8 Å². The number of aliphatic hydroxyl groups excluding tert-OH is 1. The summed E-state index contributed by atoms with van der Waals surface area (Å²) in [5.74, 6) is -0.427. The number of hydrogen-bond donors (Lipinski definition) is 3. The monoisotopic (exact) mass is 431 g/mol. The number of benzene rings is 1. The van der Waals surface area contributed by atoms with Crippen molar-refractivity contribution in [3.05, 3.63) is 77.8 Å². The highest BCUT2D eigenvalue weighted by atomic mass is 16.3. The zero-order valence-electron chi connectivity index (χ0n) is 18.0. The van der Waals surface area contributed by atoms with Gasteiger partial charge < -0.3 is 19.8 Å². The molecule has 0 spiro atoms. The Hall–Kier alpha value is -3.62. The van der Waals surface area contributed by atoms with E-state index >= 15 is 0 Å². The first kappa shape index (κ1) is 21.6. The van der Waals surface area contributed by atoms with Crippen molar-refractivity contribution < 1.29 is 15.0 Å². The van der Waals surface area contributed by atoms with Crippen molar-refractivity contribution in [1.29, 1.82) is 0 Å². The molecular weight excluding hydrogens is 406 g/mol.